The van der Waals surface area contributed by atoms with E-state index in [0.717, 1.165) is 29.4 Å². The highest BCUT2D eigenvalue weighted by Gasteiger charge is 2.30. The molecule has 1 aromatic heterocycles. The Morgan fingerprint density at radius 3 is 3.15 bits per heavy atom. The van der Waals surface area contributed by atoms with Crippen molar-refractivity contribution >= 4 is 28.5 Å². The van der Waals surface area contributed by atoms with Crippen molar-refractivity contribution in [2.75, 3.05) is 6.54 Å². The Morgan fingerprint density at radius 2 is 2.35 bits per heavy atom. The van der Waals surface area contributed by atoms with E-state index in [1.54, 1.807) is 6.20 Å². The van der Waals surface area contributed by atoms with Crippen LogP contribution in [-0.4, -0.2) is 33.5 Å². The second-order valence-electron chi connectivity index (χ2n) is 5.11. The number of fused-ring (bicyclic) bond motifs is 1. The molecule has 20 heavy (non-hydrogen) atoms. The van der Waals surface area contributed by atoms with Gasteiger partial charge in [0.15, 0.2) is 0 Å². The third-order valence-electron chi connectivity index (χ3n) is 3.77. The number of benzene rings is 1. The van der Waals surface area contributed by atoms with Gasteiger partial charge in [-0.2, -0.15) is 0 Å². The Labute approximate surface area is 122 Å². The van der Waals surface area contributed by atoms with Gasteiger partial charge in [0.25, 0.3) is 0 Å². The first kappa shape index (κ1) is 13.3. The molecular formula is C15H15ClN2O2. The van der Waals surface area contributed by atoms with Crippen LogP contribution in [0.4, 0.5) is 0 Å². The average molecular weight is 291 g/mol. The molecule has 0 saturated carbocycles. The summed E-state index contributed by atoms with van der Waals surface area (Å²) in [5, 5.41) is 10.9. The summed E-state index contributed by atoms with van der Waals surface area (Å²) in [5.74, 6) is -0.748. The van der Waals surface area contributed by atoms with E-state index in [1.807, 2.05) is 29.2 Å². The van der Waals surface area contributed by atoms with Crippen LogP contribution in [0.5, 0.6) is 0 Å². The van der Waals surface area contributed by atoms with Crippen LogP contribution < -0.4 is 0 Å². The highest BCUT2D eigenvalue weighted by atomic mass is 35.5. The standard InChI is InChI=1S/C15H15ClN2O2/c16-12-7-10-3-1-5-17-14(10)11(8-12)9-18-6-2-4-13(18)15(19)20/h1,3,5,7-8,13H,2,4,6,9H2,(H,19,20). The van der Waals surface area contributed by atoms with Crippen molar-refractivity contribution in [3.8, 4) is 0 Å². The predicted octanol–water partition coefficient (Wildman–Crippen LogP) is 2.94. The zero-order chi connectivity index (χ0) is 14.1. The molecule has 1 aliphatic heterocycles. The maximum Gasteiger partial charge on any atom is 0.320 e. The van der Waals surface area contributed by atoms with Crippen LogP contribution in [0, 0.1) is 0 Å². The maximum absolute atomic E-state index is 11.2. The van der Waals surface area contributed by atoms with Gasteiger partial charge in [-0.15, -0.1) is 0 Å². The first-order valence-corrected chi connectivity index (χ1v) is 7.03. The summed E-state index contributed by atoms with van der Waals surface area (Å²) >= 11 is 6.15. The normalized spacial score (nSPS) is 19.6. The summed E-state index contributed by atoms with van der Waals surface area (Å²) in [7, 11) is 0. The smallest absolute Gasteiger partial charge is 0.320 e. The van der Waals surface area contributed by atoms with E-state index < -0.39 is 12.0 Å². The fourth-order valence-corrected chi connectivity index (χ4v) is 3.11. The fourth-order valence-electron chi connectivity index (χ4n) is 2.86. The summed E-state index contributed by atoms with van der Waals surface area (Å²) in [6.07, 6.45) is 3.38. The van der Waals surface area contributed by atoms with Crippen LogP contribution in [0.25, 0.3) is 10.9 Å². The van der Waals surface area contributed by atoms with Crippen molar-refractivity contribution in [2.24, 2.45) is 0 Å². The lowest BCUT2D eigenvalue weighted by Crippen LogP contribution is -2.35. The van der Waals surface area contributed by atoms with Crippen molar-refractivity contribution in [1.29, 1.82) is 0 Å². The van der Waals surface area contributed by atoms with E-state index in [-0.39, 0.29) is 0 Å². The topological polar surface area (TPSA) is 53.4 Å². The van der Waals surface area contributed by atoms with E-state index >= 15 is 0 Å². The van der Waals surface area contributed by atoms with Gasteiger partial charge in [-0.05, 0) is 43.1 Å². The van der Waals surface area contributed by atoms with Gasteiger partial charge in [0.1, 0.15) is 6.04 Å². The number of hydrogen-bond donors (Lipinski definition) is 1. The third kappa shape index (κ3) is 2.49. The molecule has 2 heterocycles. The van der Waals surface area contributed by atoms with E-state index in [9.17, 15) is 9.90 Å². The molecule has 1 saturated heterocycles. The number of carbonyl (C=O) groups is 1. The predicted molar refractivity (Wildman–Crippen MR) is 77.8 cm³/mol. The number of carboxylic acid groups (broad SMARTS) is 1. The Bertz CT molecular complexity index is 659. The largest absolute Gasteiger partial charge is 0.480 e. The third-order valence-corrected chi connectivity index (χ3v) is 3.99. The number of nitrogens with zero attached hydrogens (tertiary/aromatic N) is 2. The maximum atomic E-state index is 11.2. The quantitative estimate of drug-likeness (QED) is 0.944. The summed E-state index contributed by atoms with van der Waals surface area (Å²) in [6.45, 7) is 1.38. The lowest BCUT2D eigenvalue weighted by molar-refractivity contribution is -0.142. The number of rotatable bonds is 3. The number of halogens is 1. The highest BCUT2D eigenvalue weighted by Crippen LogP contribution is 2.26. The number of aliphatic carboxylic acids is 1. The monoisotopic (exact) mass is 290 g/mol. The van der Waals surface area contributed by atoms with E-state index in [4.69, 9.17) is 11.6 Å². The summed E-state index contributed by atoms with van der Waals surface area (Å²) in [4.78, 5) is 17.6. The first-order chi connectivity index (χ1) is 9.65. The zero-order valence-electron chi connectivity index (χ0n) is 10.9. The molecule has 0 spiro atoms. The van der Waals surface area contributed by atoms with Gasteiger partial charge in [-0.3, -0.25) is 14.7 Å². The van der Waals surface area contributed by atoms with Crippen molar-refractivity contribution in [3.63, 3.8) is 0 Å². The number of likely N-dealkylation sites (tertiary alicyclic amines) is 1. The molecule has 5 heteroatoms. The van der Waals surface area contributed by atoms with Crippen molar-refractivity contribution in [1.82, 2.24) is 9.88 Å². The molecule has 1 aliphatic rings. The number of hydrogen-bond acceptors (Lipinski definition) is 3. The van der Waals surface area contributed by atoms with Crippen LogP contribution >= 0.6 is 11.6 Å². The molecule has 0 radical (unpaired) electrons. The van der Waals surface area contributed by atoms with Crippen LogP contribution in [-0.2, 0) is 11.3 Å². The van der Waals surface area contributed by atoms with Crippen molar-refractivity contribution in [2.45, 2.75) is 25.4 Å². The van der Waals surface area contributed by atoms with Gasteiger partial charge in [0.05, 0.1) is 5.52 Å². The van der Waals surface area contributed by atoms with E-state index in [1.165, 1.54) is 0 Å². The Morgan fingerprint density at radius 1 is 1.50 bits per heavy atom. The van der Waals surface area contributed by atoms with Gasteiger partial charge < -0.3 is 5.11 Å². The molecule has 4 nitrogen and oxygen atoms in total. The zero-order valence-corrected chi connectivity index (χ0v) is 11.7. The highest BCUT2D eigenvalue weighted by molar-refractivity contribution is 6.31. The number of aromatic nitrogens is 1. The van der Waals surface area contributed by atoms with Crippen molar-refractivity contribution < 1.29 is 9.90 Å². The number of pyridine rings is 1. The van der Waals surface area contributed by atoms with Crippen molar-refractivity contribution in [3.05, 3.63) is 41.0 Å². The minimum absolute atomic E-state index is 0.396. The molecule has 2 aromatic rings. The Kier molecular flexibility index (Phi) is 3.59. The van der Waals surface area contributed by atoms with Gasteiger partial charge in [0, 0.05) is 23.2 Å². The molecular weight excluding hydrogens is 276 g/mol. The number of carboxylic acids is 1. The summed E-state index contributed by atoms with van der Waals surface area (Å²) < 4.78 is 0. The fraction of sp³-hybridized carbons (Fsp3) is 0.333. The molecule has 1 aromatic carbocycles. The van der Waals surface area contributed by atoms with Gasteiger partial charge in [-0.1, -0.05) is 17.7 Å². The Balaban J connectivity index is 1.96. The summed E-state index contributed by atoms with van der Waals surface area (Å²) in [5.41, 5.74) is 1.88. The van der Waals surface area contributed by atoms with Crippen LogP contribution in [0.15, 0.2) is 30.5 Å². The molecule has 1 fully saturated rings. The molecule has 1 atom stereocenters. The van der Waals surface area contributed by atoms with Gasteiger partial charge in [0.2, 0.25) is 0 Å². The van der Waals surface area contributed by atoms with Crippen LogP contribution in [0.3, 0.4) is 0 Å². The molecule has 1 unspecified atom stereocenters. The minimum atomic E-state index is -0.748. The molecule has 104 valence electrons. The van der Waals surface area contributed by atoms with Gasteiger partial charge >= 0.3 is 5.97 Å². The lowest BCUT2D eigenvalue weighted by atomic mass is 10.1. The second-order valence-corrected chi connectivity index (χ2v) is 5.54. The van der Waals surface area contributed by atoms with E-state index in [0.29, 0.717) is 18.0 Å². The second kappa shape index (κ2) is 5.38. The molecule has 0 aliphatic carbocycles. The molecule has 3 rings (SSSR count). The Hall–Kier alpha value is -1.65. The van der Waals surface area contributed by atoms with Crippen LogP contribution in [0.1, 0.15) is 18.4 Å². The molecule has 1 N–H and O–H groups in total. The molecule has 0 bridgehead atoms. The minimum Gasteiger partial charge on any atom is -0.480 e. The SMILES string of the molecule is O=C(O)C1CCCN1Cc1cc(Cl)cc2cccnc12. The molecule has 0 amide bonds. The van der Waals surface area contributed by atoms with Gasteiger partial charge in [-0.25, -0.2) is 0 Å². The summed E-state index contributed by atoms with van der Waals surface area (Å²) in [6, 6.07) is 7.21. The first-order valence-electron chi connectivity index (χ1n) is 6.65. The lowest BCUT2D eigenvalue weighted by Gasteiger charge is -2.21. The van der Waals surface area contributed by atoms with Crippen LogP contribution in [0.2, 0.25) is 5.02 Å². The van der Waals surface area contributed by atoms with E-state index in [2.05, 4.69) is 4.98 Å². The average Bonchev–Trinajstić information content (AvgIpc) is 2.87.